The Morgan fingerprint density at radius 3 is 2.56 bits per heavy atom. The molecule has 0 fully saturated rings. The van der Waals surface area contributed by atoms with E-state index in [2.05, 4.69) is 15.0 Å². The number of primary amides is 1. The molecule has 1 heterocycles. The number of aryl methyl sites for hydroxylation is 1. The van der Waals surface area contributed by atoms with Gasteiger partial charge in [0, 0.05) is 0 Å². The molecule has 0 aliphatic heterocycles. The van der Waals surface area contributed by atoms with Gasteiger partial charge in [-0.15, -0.1) is 0 Å². The van der Waals surface area contributed by atoms with Gasteiger partial charge in [-0.05, 0) is 25.4 Å². The zero-order chi connectivity index (χ0) is 13.9. The smallest absolute Gasteiger partial charge is 0.340 e. The van der Waals surface area contributed by atoms with Crippen molar-refractivity contribution in [1.82, 2.24) is 9.69 Å². The molecule has 0 saturated heterocycles. The second kappa shape index (κ2) is 5.45. The lowest BCUT2D eigenvalue weighted by Gasteiger charge is -2.11. The summed E-state index contributed by atoms with van der Waals surface area (Å²) in [4.78, 5) is 33.2. The van der Waals surface area contributed by atoms with Crippen molar-refractivity contribution < 1.29 is 19.5 Å². The molecule has 8 nitrogen and oxygen atoms in total. The van der Waals surface area contributed by atoms with Crippen LogP contribution < -0.4 is 16.4 Å². The van der Waals surface area contributed by atoms with E-state index in [1.54, 1.807) is 0 Å². The Labute approximate surface area is 106 Å². The molecule has 0 spiro atoms. The zero-order valence-corrected chi connectivity index (χ0v) is 10.5. The summed E-state index contributed by atoms with van der Waals surface area (Å²) >= 11 is 0.862. The summed E-state index contributed by atoms with van der Waals surface area (Å²) in [6, 6.07) is -1.71. The number of aromatic nitrogens is 1. The number of amides is 3. The first kappa shape index (κ1) is 13.9. The second-order valence-corrected chi connectivity index (χ2v) is 4.27. The van der Waals surface area contributed by atoms with Gasteiger partial charge in [0.1, 0.15) is 16.6 Å². The molecule has 0 aliphatic carbocycles. The van der Waals surface area contributed by atoms with E-state index in [1.165, 1.54) is 13.8 Å². The Morgan fingerprint density at radius 1 is 1.44 bits per heavy atom. The molecule has 1 atom stereocenters. The highest BCUT2D eigenvalue weighted by Crippen LogP contribution is 2.24. The van der Waals surface area contributed by atoms with Gasteiger partial charge in [0.25, 0.3) is 0 Å². The van der Waals surface area contributed by atoms with E-state index in [0.29, 0.717) is 5.69 Å². The molecule has 0 aromatic carbocycles. The highest BCUT2D eigenvalue weighted by molar-refractivity contribution is 7.11. The molecule has 0 bridgehead atoms. The van der Waals surface area contributed by atoms with Crippen molar-refractivity contribution in [2.45, 2.75) is 19.9 Å². The quantitative estimate of drug-likeness (QED) is 0.618. The Morgan fingerprint density at radius 2 is 2.06 bits per heavy atom. The van der Waals surface area contributed by atoms with Crippen molar-refractivity contribution in [3.05, 3.63) is 11.3 Å². The number of nitrogens with one attached hydrogen (secondary N) is 2. The fourth-order valence-electron chi connectivity index (χ4n) is 1.21. The average Bonchev–Trinajstić information content (AvgIpc) is 2.58. The summed E-state index contributed by atoms with van der Waals surface area (Å²) in [6.45, 7) is 2.95. The molecule has 3 amide bonds. The van der Waals surface area contributed by atoms with Crippen molar-refractivity contribution in [2.24, 2.45) is 5.73 Å². The van der Waals surface area contributed by atoms with Gasteiger partial charge in [0.05, 0.1) is 5.69 Å². The third-order valence-corrected chi connectivity index (χ3v) is 2.92. The maximum atomic E-state index is 11.6. The number of aromatic carboxylic acids is 1. The van der Waals surface area contributed by atoms with Crippen molar-refractivity contribution >= 4 is 34.4 Å². The lowest BCUT2D eigenvalue weighted by molar-refractivity contribution is -0.117. The Bertz CT molecular complexity index is 499. The van der Waals surface area contributed by atoms with Crippen LogP contribution in [-0.2, 0) is 4.79 Å². The summed E-state index contributed by atoms with van der Waals surface area (Å²) in [6.07, 6.45) is 0. The van der Waals surface area contributed by atoms with Gasteiger partial charge < -0.3 is 21.5 Å². The lowest BCUT2D eigenvalue weighted by Crippen LogP contribution is -2.44. The van der Waals surface area contributed by atoms with E-state index in [0.717, 1.165) is 11.5 Å². The Kier molecular flexibility index (Phi) is 4.21. The SMILES string of the molecule is Cc1nsc(NC(=O)C(C)NC(N)=O)c1C(=O)O. The molecule has 1 aromatic rings. The number of rotatable bonds is 4. The predicted octanol–water partition coefficient (Wildman–Crippen LogP) is 0.145. The van der Waals surface area contributed by atoms with Gasteiger partial charge in [-0.25, -0.2) is 9.59 Å². The maximum Gasteiger partial charge on any atom is 0.340 e. The summed E-state index contributed by atoms with van der Waals surface area (Å²) in [5.74, 6) is -1.74. The average molecular weight is 272 g/mol. The molecule has 1 rings (SSSR count). The second-order valence-electron chi connectivity index (χ2n) is 3.50. The molecule has 9 heteroatoms. The molecular weight excluding hydrogens is 260 g/mol. The van der Waals surface area contributed by atoms with Gasteiger partial charge in [0.2, 0.25) is 5.91 Å². The van der Waals surface area contributed by atoms with Crippen molar-refractivity contribution in [2.75, 3.05) is 5.32 Å². The molecule has 1 unspecified atom stereocenters. The fraction of sp³-hybridized carbons (Fsp3) is 0.333. The number of urea groups is 1. The fourth-order valence-corrected chi connectivity index (χ4v) is 2.00. The summed E-state index contributed by atoms with van der Waals surface area (Å²) < 4.78 is 3.85. The first-order chi connectivity index (χ1) is 8.32. The number of hydrogen-bond donors (Lipinski definition) is 4. The summed E-state index contributed by atoms with van der Waals surface area (Å²) in [5.41, 5.74) is 5.13. The number of carboxylic acids is 1. The number of carbonyl (C=O) groups is 3. The number of anilines is 1. The highest BCUT2D eigenvalue weighted by atomic mass is 32.1. The lowest BCUT2D eigenvalue weighted by atomic mass is 10.2. The van der Waals surface area contributed by atoms with E-state index >= 15 is 0 Å². The monoisotopic (exact) mass is 272 g/mol. The topological polar surface area (TPSA) is 134 Å². The van der Waals surface area contributed by atoms with Gasteiger partial charge in [0.15, 0.2) is 0 Å². The van der Waals surface area contributed by atoms with E-state index in [9.17, 15) is 14.4 Å². The van der Waals surface area contributed by atoms with Crippen LogP contribution in [0.2, 0.25) is 0 Å². The molecule has 1 aromatic heterocycles. The number of nitrogens with two attached hydrogens (primary N) is 1. The van der Waals surface area contributed by atoms with Crippen LogP contribution in [-0.4, -0.2) is 33.4 Å². The molecular formula is C9H12N4O4S. The minimum Gasteiger partial charge on any atom is -0.478 e. The maximum absolute atomic E-state index is 11.6. The van der Waals surface area contributed by atoms with Crippen LogP contribution in [0.5, 0.6) is 0 Å². The minimum atomic E-state index is -1.17. The highest BCUT2D eigenvalue weighted by Gasteiger charge is 2.21. The number of nitrogens with zero attached hydrogens (tertiary/aromatic N) is 1. The first-order valence-electron chi connectivity index (χ1n) is 4.89. The third kappa shape index (κ3) is 3.17. The normalized spacial score (nSPS) is 11.7. The van der Waals surface area contributed by atoms with Crippen LogP contribution >= 0.6 is 11.5 Å². The number of carboxylic acid groups (broad SMARTS) is 1. The van der Waals surface area contributed by atoms with Crippen LogP contribution in [0.1, 0.15) is 23.0 Å². The van der Waals surface area contributed by atoms with Crippen LogP contribution in [0.25, 0.3) is 0 Å². The van der Waals surface area contributed by atoms with E-state index < -0.39 is 23.9 Å². The van der Waals surface area contributed by atoms with E-state index in [-0.39, 0.29) is 10.6 Å². The Hall–Kier alpha value is -2.16. The predicted molar refractivity (Wildman–Crippen MR) is 64.6 cm³/mol. The number of hydrogen-bond acceptors (Lipinski definition) is 5. The summed E-state index contributed by atoms with van der Waals surface area (Å²) in [5, 5.41) is 13.7. The molecule has 0 radical (unpaired) electrons. The van der Waals surface area contributed by atoms with Gasteiger partial charge in [-0.2, -0.15) is 4.37 Å². The number of carbonyl (C=O) groups excluding carboxylic acids is 2. The minimum absolute atomic E-state index is 0.0559. The van der Waals surface area contributed by atoms with Gasteiger partial charge in [-0.1, -0.05) is 0 Å². The van der Waals surface area contributed by atoms with Gasteiger partial charge in [-0.3, -0.25) is 4.79 Å². The van der Waals surface area contributed by atoms with Crippen molar-refractivity contribution in [1.29, 1.82) is 0 Å². The molecule has 5 N–H and O–H groups in total. The molecule has 0 saturated carbocycles. The first-order valence-corrected chi connectivity index (χ1v) is 5.66. The Balaban J connectivity index is 2.82. The van der Waals surface area contributed by atoms with Crippen LogP contribution in [0.4, 0.5) is 9.80 Å². The van der Waals surface area contributed by atoms with E-state index in [1.807, 2.05) is 0 Å². The standard InChI is InChI=1S/C9H12N4O4S/c1-3-5(8(15)16)7(18-13-3)12-6(14)4(2)11-9(10)17/h4H,1-2H3,(H,12,14)(H,15,16)(H3,10,11,17). The van der Waals surface area contributed by atoms with E-state index in [4.69, 9.17) is 10.8 Å². The van der Waals surface area contributed by atoms with Crippen LogP contribution in [0, 0.1) is 6.92 Å². The van der Waals surface area contributed by atoms with Gasteiger partial charge >= 0.3 is 12.0 Å². The van der Waals surface area contributed by atoms with Crippen molar-refractivity contribution in [3.63, 3.8) is 0 Å². The molecule has 18 heavy (non-hydrogen) atoms. The molecule has 98 valence electrons. The molecule has 0 aliphatic rings. The largest absolute Gasteiger partial charge is 0.478 e. The third-order valence-electron chi connectivity index (χ3n) is 2.07. The summed E-state index contributed by atoms with van der Waals surface area (Å²) in [7, 11) is 0. The van der Waals surface area contributed by atoms with Crippen molar-refractivity contribution in [3.8, 4) is 0 Å². The van der Waals surface area contributed by atoms with Crippen LogP contribution in [0.3, 0.4) is 0 Å². The zero-order valence-electron chi connectivity index (χ0n) is 9.68. The van der Waals surface area contributed by atoms with Crippen LogP contribution in [0.15, 0.2) is 0 Å².